The molecule has 8 heteroatoms. The van der Waals surface area contributed by atoms with Crippen LogP contribution < -0.4 is 11.1 Å². The molecular weight excluding hydrogens is 292 g/mol. The van der Waals surface area contributed by atoms with Crippen LogP contribution in [-0.4, -0.2) is 32.2 Å². The molecule has 0 radical (unpaired) electrons. The Morgan fingerprint density at radius 3 is 2.67 bits per heavy atom. The molecule has 0 aliphatic rings. The molecule has 0 saturated heterocycles. The van der Waals surface area contributed by atoms with E-state index in [9.17, 15) is 4.79 Å². The molecule has 7 nitrogen and oxygen atoms in total. The van der Waals surface area contributed by atoms with Crippen molar-refractivity contribution >= 4 is 24.0 Å². The molecule has 114 valence electrons. The zero-order valence-electron chi connectivity index (χ0n) is 12.1. The van der Waals surface area contributed by atoms with E-state index in [-0.39, 0.29) is 24.2 Å². The molecular formula is C13H19ClN6O. The van der Waals surface area contributed by atoms with Gasteiger partial charge in [-0.2, -0.15) is 4.68 Å². The number of hydrogen-bond donors (Lipinski definition) is 2. The summed E-state index contributed by atoms with van der Waals surface area (Å²) in [5, 5.41) is 14.1. The summed E-state index contributed by atoms with van der Waals surface area (Å²) in [5.41, 5.74) is 7.26. The predicted molar refractivity (Wildman–Crippen MR) is 82.6 cm³/mol. The molecule has 0 saturated carbocycles. The summed E-state index contributed by atoms with van der Waals surface area (Å²) in [6.45, 7) is 5.62. The Bertz CT molecular complexity index is 612. The number of nitrogens with two attached hydrogens (primary N) is 1. The van der Waals surface area contributed by atoms with E-state index in [1.165, 1.54) is 0 Å². The first-order valence-corrected chi connectivity index (χ1v) is 6.41. The normalized spacial score (nSPS) is 11.9. The van der Waals surface area contributed by atoms with Crippen molar-refractivity contribution in [2.24, 2.45) is 11.7 Å². The molecule has 0 unspecified atom stereocenters. The number of nitrogens with zero attached hydrogens (tertiary/aromatic N) is 4. The first kappa shape index (κ1) is 17.1. The molecule has 0 spiro atoms. The molecule has 1 atom stereocenters. The maximum absolute atomic E-state index is 11.9. The standard InChI is InChI=1S/C13H18N6O.ClH/c1-8(2)12(14)13(20)15-10-5-4-6-11(7-10)19-9(3)16-17-18-19;/h4-8,12H,14H2,1-3H3,(H,15,20);1H/t12-;/m1./s1. The third kappa shape index (κ3) is 3.99. The fraction of sp³-hybridized carbons (Fsp3) is 0.385. The van der Waals surface area contributed by atoms with Crippen molar-refractivity contribution in [3.8, 4) is 5.69 Å². The lowest BCUT2D eigenvalue weighted by atomic mass is 10.0. The zero-order valence-corrected chi connectivity index (χ0v) is 13.0. The Morgan fingerprint density at radius 1 is 1.38 bits per heavy atom. The second kappa shape index (κ2) is 7.14. The second-order valence-electron chi connectivity index (χ2n) is 4.95. The van der Waals surface area contributed by atoms with Crippen molar-refractivity contribution in [2.75, 3.05) is 5.32 Å². The number of aromatic nitrogens is 4. The van der Waals surface area contributed by atoms with Crippen LogP contribution in [0.1, 0.15) is 19.7 Å². The number of tetrazole rings is 1. The maximum Gasteiger partial charge on any atom is 0.241 e. The highest BCUT2D eigenvalue weighted by Crippen LogP contribution is 2.15. The molecule has 3 N–H and O–H groups in total. The van der Waals surface area contributed by atoms with Gasteiger partial charge in [0.25, 0.3) is 0 Å². The lowest BCUT2D eigenvalue weighted by Gasteiger charge is -2.15. The van der Waals surface area contributed by atoms with Gasteiger partial charge in [-0.25, -0.2) is 0 Å². The average Bonchev–Trinajstić information content (AvgIpc) is 2.84. The van der Waals surface area contributed by atoms with E-state index in [0.29, 0.717) is 11.5 Å². The lowest BCUT2D eigenvalue weighted by molar-refractivity contribution is -0.118. The monoisotopic (exact) mass is 310 g/mol. The molecule has 1 amide bonds. The molecule has 0 aliphatic heterocycles. The highest BCUT2D eigenvalue weighted by Gasteiger charge is 2.17. The van der Waals surface area contributed by atoms with Gasteiger partial charge in [0.15, 0.2) is 5.82 Å². The van der Waals surface area contributed by atoms with Crippen LogP contribution in [0.15, 0.2) is 24.3 Å². The summed E-state index contributed by atoms with van der Waals surface area (Å²) < 4.78 is 1.60. The van der Waals surface area contributed by atoms with E-state index in [4.69, 9.17) is 5.73 Å². The Kier molecular flexibility index (Phi) is 5.80. The Morgan fingerprint density at radius 2 is 2.10 bits per heavy atom. The van der Waals surface area contributed by atoms with E-state index >= 15 is 0 Å². The van der Waals surface area contributed by atoms with Crippen LogP contribution in [0.5, 0.6) is 0 Å². The van der Waals surface area contributed by atoms with Gasteiger partial charge in [-0.05, 0) is 41.5 Å². The van der Waals surface area contributed by atoms with Crippen LogP contribution in [0, 0.1) is 12.8 Å². The zero-order chi connectivity index (χ0) is 14.7. The third-order valence-corrected chi connectivity index (χ3v) is 3.00. The van der Waals surface area contributed by atoms with Crippen molar-refractivity contribution in [1.82, 2.24) is 20.2 Å². The third-order valence-electron chi connectivity index (χ3n) is 3.00. The quantitative estimate of drug-likeness (QED) is 0.887. The summed E-state index contributed by atoms with van der Waals surface area (Å²) in [6, 6.07) is 6.75. The molecule has 2 aromatic rings. The van der Waals surface area contributed by atoms with Gasteiger partial charge in [-0.3, -0.25) is 4.79 Å². The highest BCUT2D eigenvalue weighted by molar-refractivity contribution is 5.95. The molecule has 1 aromatic heterocycles. The van der Waals surface area contributed by atoms with Gasteiger partial charge in [-0.1, -0.05) is 19.9 Å². The number of anilines is 1. The number of halogens is 1. The van der Waals surface area contributed by atoms with Crippen molar-refractivity contribution in [2.45, 2.75) is 26.8 Å². The van der Waals surface area contributed by atoms with Crippen LogP contribution in [0.2, 0.25) is 0 Å². The van der Waals surface area contributed by atoms with Crippen LogP contribution in [0.4, 0.5) is 5.69 Å². The van der Waals surface area contributed by atoms with Crippen molar-refractivity contribution < 1.29 is 4.79 Å². The summed E-state index contributed by atoms with van der Waals surface area (Å²) in [5.74, 6) is 0.554. The van der Waals surface area contributed by atoms with Crippen molar-refractivity contribution in [3.63, 3.8) is 0 Å². The van der Waals surface area contributed by atoms with Crippen LogP contribution >= 0.6 is 12.4 Å². The smallest absolute Gasteiger partial charge is 0.241 e. The molecule has 0 fully saturated rings. The maximum atomic E-state index is 11.9. The molecule has 0 bridgehead atoms. The SMILES string of the molecule is Cc1nnnn1-c1cccc(NC(=O)[C@H](N)C(C)C)c1.Cl. The minimum atomic E-state index is -0.534. The van der Waals surface area contributed by atoms with E-state index in [1.807, 2.05) is 26.0 Å². The van der Waals surface area contributed by atoms with Crippen LogP contribution in [-0.2, 0) is 4.79 Å². The molecule has 21 heavy (non-hydrogen) atoms. The first-order valence-electron chi connectivity index (χ1n) is 6.41. The minimum Gasteiger partial charge on any atom is -0.325 e. The Balaban J connectivity index is 0.00000220. The number of carbonyl (C=O) groups excluding carboxylic acids is 1. The van der Waals surface area contributed by atoms with Crippen LogP contribution in [0.3, 0.4) is 0 Å². The topological polar surface area (TPSA) is 98.7 Å². The van der Waals surface area contributed by atoms with Crippen molar-refractivity contribution in [1.29, 1.82) is 0 Å². The number of carbonyl (C=O) groups is 1. The number of rotatable bonds is 4. The molecule has 1 aromatic carbocycles. The van der Waals surface area contributed by atoms with E-state index in [0.717, 1.165) is 5.69 Å². The molecule has 2 rings (SSSR count). The first-order chi connectivity index (χ1) is 9.49. The summed E-state index contributed by atoms with van der Waals surface area (Å²) in [4.78, 5) is 11.9. The summed E-state index contributed by atoms with van der Waals surface area (Å²) in [7, 11) is 0. The van der Waals surface area contributed by atoms with Crippen LogP contribution in [0.25, 0.3) is 5.69 Å². The predicted octanol–water partition coefficient (Wildman–Crippen LogP) is 1.31. The average molecular weight is 311 g/mol. The van der Waals surface area contributed by atoms with Gasteiger partial charge < -0.3 is 11.1 Å². The summed E-state index contributed by atoms with van der Waals surface area (Å²) >= 11 is 0. The fourth-order valence-corrected chi connectivity index (χ4v) is 1.71. The number of nitrogens with one attached hydrogen (secondary N) is 1. The lowest BCUT2D eigenvalue weighted by Crippen LogP contribution is -2.39. The Labute approximate surface area is 129 Å². The Hall–Kier alpha value is -1.99. The number of benzene rings is 1. The van der Waals surface area contributed by atoms with Gasteiger partial charge >= 0.3 is 0 Å². The number of amides is 1. The highest BCUT2D eigenvalue weighted by atomic mass is 35.5. The van der Waals surface area contributed by atoms with Crippen molar-refractivity contribution in [3.05, 3.63) is 30.1 Å². The van der Waals surface area contributed by atoms with E-state index in [1.54, 1.807) is 23.7 Å². The van der Waals surface area contributed by atoms with E-state index in [2.05, 4.69) is 20.8 Å². The van der Waals surface area contributed by atoms with E-state index < -0.39 is 6.04 Å². The van der Waals surface area contributed by atoms with Gasteiger partial charge in [0.2, 0.25) is 5.91 Å². The number of aryl methyl sites for hydroxylation is 1. The molecule has 0 aliphatic carbocycles. The second-order valence-corrected chi connectivity index (χ2v) is 4.95. The fourth-order valence-electron chi connectivity index (χ4n) is 1.71. The molecule has 1 heterocycles. The van der Waals surface area contributed by atoms with Gasteiger partial charge in [0, 0.05) is 5.69 Å². The largest absolute Gasteiger partial charge is 0.325 e. The van der Waals surface area contributed by atoms with Gasteiger partial charge in [-0.15, -0.1) is 17.5 Å². The van der Waals surface area contributed by atoms with Gasteiger partial charge in [0.05, 0.1) is 11.7 Å². The van der Waals surface area contributed by atoms with Gasteiger partial charge in [0.1, 0.15) is 0 Å². The number of hydrogen-bond acceptors (Lipinski definition) is 5. The minimum absolute atomic E-state index is 0. The summed E-state index contributed by atoms with van der Waals surface area (Å²) in [6.07, 6.45) is 0.